The summed E-state index contributed by atoms with van der Waals surface area (Å²) in [5.74, 6) is 2.86. The first-order valence-electron chi connectivity index (χ1n) is 17.4. The van der Waals surface area contributed by atoms with Gasteiger partial charge in [-0.15, -0.1) is 12.4 Å². The molecule has 12 nitrogen and oxygen atoms in total. The quantitative estimate of drug-likeness (QED) is 0.135. The van der Waals surface area contributed by atoms with Crippen LogP contribution in [-0.2, 0) is 4.74 Å². The maximum atomic E-state index is 12.0. The van der Waals surface area contributed by atoms with Crippen molar-refractivity contribution in [2.75, 3.05) is 10.6 Å². The largest absolute Gasteiger partial charge is 0.444 e. The highest BCUT2D eigenvalue weighted by molar-refractivity contribution is 7.59. The lowest BCUT2D eigenvalue weighted by molar-refractivity contribution is 0.0505. The Kier molecular flexibility index (Phi) is 21.3. The van der Waals surface area contributed by atoms with E-state index in [-0.39, 0.29) is 84.6 Å². The molecule has 0 bridgehead atoms. The Bertz CT molecular complexity index is 1650. The number of carbonyl (C=O) groups is 1. The van der Waals surface area contributed by atoms with E-state index in [2.05, 4.69) is 66.0 Å². The fraction of sp³-hybridized carbons (Fsp3) is 0.629. The number of hydrogen-bond donors (Lipinski definition) is 4. The van der Waals surface area contributed by atoms with Crippen LogP contribution in [0.2, 0.25) is 0 Å². The third-order valence-corrected chi connectivity index (χ3v) is 9.32. The van der Waals surface area contributed by atoms with Crippen LogP contribution in [0.3, 0.4) is 0 Å². The molecule has 0 saturated heterocycles. The van der Waals surface area contributed by atoms with Gasteiger partial charge in [0.25, 0.3) is 0 Å². The zero-order valence-corrected chi connectivity index (χ0v) is 36.4. The molecule has 6 atom stereocenters. The number of alkyl carbamates (subject to hydrolysis) is 1. The van der Waals surface area contributed by atoms with Crippen LogP contribution in [-0.4, -0.2) is 65.1 Å². The molecular weight excluding hydrogens is 756 g/mol. The fourth-order valence-electron chi connectivity index (χ4n) is 6.28. The molecule has 4 aromatic rings. The molecule has 0 spiro atoms. The summed E-state index contributed by atoms with van der Waals surface area (Å²) in [5, 5.41) is 19.0. The number of halogens is 1. The summed E-state index contributed by atoms with van der Waals surface area (Å²) in [4.78, 5) is 21.4. The maximum Gasteiger partial charge on any atom is 0.407 e. The fourth-order valence-corrected chi connectivity index (χ4v) is 6.28. The highest BCUT2D eigenvalue weighted by Gasteiger charge is 2.28. The van der Waals surface area contributed by atoms with Crippen molar-refractivity contribution < 1.29 is 9.53 Å². The van der Waals surface area contributed by atoms with Gasteiger partial charge in [-0.3, -0.25) is 0 Å². The molecule has 0 aliphatic heterocycles. The van der Waals surface area contributed by atoms with Crippen LogP contribution in [0.15, 0.2) is 36.7 Å². The number of amides is 1. The second-order valence-corrected chi connectivity index (χ2v) is 14.4. The van der Waals surface area contributed by atoms with Gasteiger partial charge in [0.15, 0.2) is 11.3 Å². The number of carbonyl (C=O) groups excluding carboxylic acids is 1. The summed E-state index contributed by atoms with van der Waals surface area (Å²) in [6.45, 7) is 14.4. The Morgan fingerprint density at radius 2 is 1.25 bits per heavy atom. The van der Waals surface area contributed by atoms with Crippen LogP contribution in [0.25, 0.3) is 11.3 Å². The van der Waals surface area contributed by atoms with Crippen molar-refractivity contribution in [3.05, 3.63) is 48.0 Å². The van der Waals surface area contributed by atoms with E-state index in [1.807, 2.05) is 41.9 Å². The van der Waals surface area contributed by atoms with Crippen LogP contribution < -0.4 is 21.7 Å². The van der Waals surface area contributed by atoms with Gasteiger partial charge >= 0.3 is 6.09 Å². The van der Waals surface area contributed by atoms with Crippen molar-refractivity contribution in [3.8, 4) is 0 Å². The molecule has 0 radical (unpaired) electrons. The summed E-state index contributed by atoms with van der Waals surface area (Å²) in [7, 11) is 0. The predicted octanol–water partition coefficient (Wildman–Crippen LogP) is 7.51. The minimum atomic E-state index is -0.477. The first kappa shape index (κ1) is 49.8. The van der Waals surface area contributed by atoms with E-state index in [4.69, 9.17) is 20.4 Å². The van der Waals surface area contributed by atoms with Gasteiger partial charge in [-0.25, -0.2) is 14.8 Å². The minimum Gasteiger partial charge on any atom is -0.444 e. The highest BCUT2D eigenvalue weighted by atomic mass is 35.5. The van der Waals surface area contributed by atoms with Crippen LogP contribution in [0.5, 0.6) is 0 Å². The Morgan fingerprint density at radius 3 is 1.67 bits per heavy atom. The number of nitrogens with two attached hydrogens (primary N) is 1. The maximum absolute atomic E-state index is 12.0. The van der Waals surface area contributed by atoms with Gasteiger partial charge in [0.1, 0.15) is 17.2 Å². The Morgan fingerprint density at radius 1 is 0.808 bits per heavy atom. The van der Waals surface area contributed by atoms with Crippen molar-refractivity contribution >= 4 is 95.4 Å². The van der Waals surface area contributed by atoms with Crippen molar-refractivity contribution in [2.45, 2.75) is 141 Å². The van der Waals surface area contributed by atoms with Crippen LogP contribution in [0.1, 0.15) is 123 Å². The highest BCUT2D eigenvalue weighted by Crippen LogP contribution is 2.27. The molecule has 2 unspecified atom stereocenters. The first-order chi connectivity index (χ1) is 22.4. The first-order valence-corrected chi connectivity index (χ1v) is 17.4. The third kappa shape index (κ3) is 13.3. The monoisotopic (exact) mass is 818 g/mol. The van der Waals surface area contributed by atoms with Gasteiger partial charge < -0.3 is 26.4 Å². The molecule has 296 valence electrons. The second kappa shape index (κ2) is 22.2. The summed E-state index contributed by atoms with van der Waals surface area (Å²) in [5.41, 5.74) is 9.50. The smallest absolute Gasteiger partial charge is 0.407 e. The van der Waals surface area contributed by atoms with Gasteiger partial charge in [-0.2, -0.15) is 73.2 Å². The van der Waals surface area contributed by atoms with Gasteiger partial charge in [0.05, 0.1) is 12.4 Å². The Labute approximate surface area is 343 Å². The average molecular weight is 820 g/mol. The van der Waals surface area contributed by atoms with Gasteiger partial charge in [0.2, 0.25) is 0 Å². The Balaban J connectivity index is 0.000000942. The zero-order valence-electron chi connectivity index (χ0n) is 31.6. The van der Waals surface area contributed by atoms with E-state index >= 15 is 0 Å². The molecule has 0 aromatic carbocycles. The zero-order chi connectivity index (χ0) is 33.7. The lowest BCUT2D eigenvalue weighted by Crippen LogP contribution is -2.38. The Hall–Kier alpha value is -2.24. The molecule has 52 heavy (non-hydrogen) atoms. The standard InChI is InChI=1S/C20H31N5O2.C15H23N5.ClH.4H2S/c1-6-13(2)16-12-18(25-17(24-16)9-10-21-25)22-14-7-8-15(11-14)23-19(26)27-20(3,4)5;1-3-10(2)13-9-15(18-12-5-4-11(16)8-12)20-14(19-13)6-7-17-20;;;;;/h9-10,12-15,22H,6-8,11H2,1-5H3,(H,23,26);6-7,9-12,18H,3-5,8,16H2,1-2H3;1H;4*1H2/t13?,14-,15-;10?,11-,12-;;;;;/m00...../s1. The van der Waals surface area contributed by atoms with Crippen LogP contribution >= 0.6 is 66.4 Å². The van der Waals surface area contributed by atoms with E-state index < -0.39 is 5.60 Å². The minimum absolute atomic E-state index is 0. The molecule has 2 saturated carbocycles. The van der Waals surface area contributed by atoms with E-state index in [0.717, 1.165) is 85.7 Å². The summed E-state index contributed by atoms with van der Waals surface area (Å²) in [6.07, 6.45) is 11.4. The van der Waals surface area contributed by atoms with Crippen molar-refractivity contribution in [1.82, 2.24) is 34.5 Å². The van der Waals surface area contributed by atoms with Crippen LogP contribution in [0, 0.1) is 0 Å². The average Bonchev–Trinajstić information content (AvgIpc) is 3.84. The topological polar surface area (TPSA) is 149 Å². The molecule has 17 heteroatoms. The number of nitrogens with zero attached hydrogens (tertiary/aromatic N) is 6. The van der Waals surface area contributed by atoms with E-state index in [1.54, 1.807) is 12.4 Å². The number of fused-ring (bicyclic) bond motifs is 2. The second-order valence-electron chi connectivity index (χ2n) is 14.4. The lowest BCUT2D eigenvalue weighted by Gasteiger charge is -2.22. The van der Waals surface area contributed by atoms with Gasteiger partial charge in [-0.1, -0.05) is 27.7 Å². The molecule has 2 aliphatic rings. The molecule has 2 fully saturated rings. The van der Waals surface area contributed by atoms with E-state index in [0.29, 0.717) is 23.9 Å². The van der Waals surface area contributed by atoms with Crippen molar-refractivity contribution in [1.29, 1.82) is 0 Å². The number of nitrogens with one attached hydrogen (secondary N) is 3. The number of hydrogen-bond acceptors (Lipinski definition) is 9. The molecule has 5 N–H and O–H groups in total. The number of anilines is 2. The number of aromatic nitrogens is 6. The SMILES string of the molecule is CCC(C)c1cc(N[C@H]2CC[C@H](N)C2)n2nccc2n1.CCC(C)c1cc(N[C@H]2CC[C@H](NC(=O)OC(C)(C)C)C2)n2nccc2n1.Cl.S.S.S.S. The summed E-state index contributed by atoms with van der Waals surface area (Å²) in [6, 6.07) is 9.31. The molecule has 2 aliphatic carbocycles. The number of rotatable bonds is 9. The van der Waals surface area contributed by atoms with Gasteiger partial charge in [0, 0.05) is 59.8 Å². The van der Waals surface area contributed by atoms with Crippen molar-refractivity contribution in [2.24, 2.45) is 5.73 Å². The van der Waals surface area contributed by atoms with Crippen molar-refractivity contribution in [3.63, 3.8) is 0 Å². The lowest BCUT2D eigenvalue weighted by atomic mass is 10.0. The molecule has 4 aromatic heterocycles. The molecular formula is C35H63ClN10O2S4. The predicted molar refractivity (Wildman–Crippen MR) is 236 cm³/mol. The normalized spacial score (nSPS) is 20.3. The number of ether oxygens (including phenoxy) is 1. The van der Waals surface area contributed by atoms with Gasteiger partial charge in [-0.05, 0) is 84.0 Å². The molecule has 4 heterocycles. The molecule has 6 rings (SSSR count). The van der Waals surface area contributed by atoms with E-state index in [1.165, 1.54) is 0 Å². The van der Waals surface area contributed by atoms with Crippen LogP contribution in [0.4, 0.5) is 16.4 Å². The third-order valence-electron chi connectivity index (χ3n) is 9.32. The van der Waals surface area contributed by atoms with E-state index in [9.17, 15) is 4.79 Å². The summed E-state index contributed by atoms with van der Waals surface area (Å²) < 4.78 is 9.09. The summed E-state index contributed by atoms with van der Waals surface area (Å²) >= 11 is 0. The molecule has 1 amide bonds.